The van der Waals surface area contributed by atoms with Gasteiger partial charge in [-0.15, -0.1) is 5.10 Å². The highest BCUT2D eigenvalue weighted by atomic mass is 32.2. The molecule has 0 radical (unpaired) electrons. The van der Waals surface area contributed by atoms with Crippen LogP contribution in [0.2, 0.25) is 0 Å². The summed E-state index contributed by atoms with van der Waals surface area (Å²) in [5, 5.41) is 11.6. The third-order valence-corrected chi connectivity index (χ3v) is 5.98. The molecule has 1 aliphatic rings. The van der Waals surface area contributed by atoms with Crippen LogP contribution in [0.4, 0.5) is 5.69 Å². The SMILES string of the molecule is Cn1nnnc1SCC(=O)c1ccc2c(c1)CCCN2S(C)(=O)=O. The molecular weight excluding hydrogens is 350 g/mol. The van der Waals surface area contributed by atoms with Crippen molar-refractivity contribution in [1.82, 2.24) is 20.2 Å². The lowest BCUT2D eigenvalue weighted by atomic mass is 9.99. The summed E-state index contributed by atoms with van der Waals surface area (Å²) in [6.45, 7) is 0.480. The minimum atomic E-state index is -3.30. The van der Waals surface area contributed by atoms with Crippen LogP contribution in [0.3, 0.4) is 0 Å². The predicted molar refractivity (Wildman–Crippen MR) is 90.8 cm³/mol. The number of ketones is 1. The number of hydrogen-bond donors (Lipinski definition) is 0. The number of fused-ring (bicyclic) bond motifs is 1. The maximum absolute atomic E-state index is 12.4. The number of hydrogen-bond acceptors (Lipinski definition) is 7. The fourth-order valence-corrected chi connectivity index (χ4v) is 4.38. The molecule has 2 heterocycles. The first kappa shape index (κ1) is 16.9. The monoisotopic (exact) mass is 367 g/mol. The molecule has 8 nitrogen and oxygen atoms in total. The van der Waals surface area contributed by atoms with Gasteiger partial charge in [-0.1, -0.05) is 11.8 Å². The molecule has 1 aromatic carbocycles. The molecule has 0 atom stereocenters. The minimum Gasteiger partial charge on any atom is -0.293 e. The van der Waals surface area contributed by atoms with Crippen molar-refractivity contribution < 1.29 is 13.2 Å². The molecule has 0 fully saturated rings. The van der Waals surface area contributed by atoms with Crippen molar-refractivity contribution in [1.29, 1.82) is 0 Å². The van der Waals surface area contributed by atoms with E-state index in [9.17, 15) is 13.2 Å². The number of carbonyl (C=O) groups is 1. The van der Waals surface area contributed by atoms with Crippen molar-refractivity contribution in [3.8, 4) is 0 Å². The molecule has 0 saturated carbocycles. The van der Waals surface area contributed by atoms with Gasteiger partial charge in [0.1, 0.15) is 0 Å². The number of carbonyl (C=O) groups excluding carboxylic acids is 1. The summed E-state index contributed by atoms with van der Waals surface area (Å²) in [7, 11) is -1.58. The Hall–Kier alpha value is -1.94. The maximum Gasteiger partial charge on any atom is 0.232 e. The molecule has 24 heavy (non-hydrogen) atoms. The van der Waals surface area contributed by atoms with Gasteiger partial charge in [0.25, 0.3) is 0 Å². The van der Waals surface area contributed by atoms with Gasteiger partial charge in [0, 0.05) is 19.2 Å². The van der Waals surface area contributed by atoms with E-state index < -0.39 is 10.0 Å². The van der Waals surface area contributed by atoms with E-state index in [1.54, 1.807) is 25.2 Å². The quantitative estimate of drug-likeness (QED) is 0.572. The van der Waals surface area contributed by atoms with Gasteiger partial charge in [0.2, 0.25) is 15.2 Å². The summed E-state index contributed by atoms with van der Waals surface area (Å²) >= 11 is 1.27. The van der Waals surface area contributed by atoms with E-state index in [2.05, 4.69) is 15.5 Å². The summed E-state index contributed by atoms with van der Waals surface area (Å²) in [4.78, 5) is 12.4. The van der Waals surface area contributed by atoms with Crippen LogP contribution in [0.1, 0.15) is 22.3 Å². The number of thioether (sulfide) groups is 1. The first-order valence-electron chi connectivity index (χ1n) is 7.35. The third-order valence-electron chi connectivity index (χ3n) is 3.79. The zero-order valence-electron chi connectivity index (χ0n) is 13.3. The van der Waals surface area contributed by atoms with E-state index in [0.717, 1.165) is 18.4 Å². The lowest BCUT2D eigenvalue weighted by molar-refractivity contribution is 0.102. The molecule has 0 saturated heterocycles. The number of rotatable bonds is 5. The maximum atomic E-state index is 12.4. The zero-order chi connectivity index (χ0) is 17.3. The van der Waals surface area contributed by atoms with Crippen LogP contribution in [0.15, 0.2) is 23.4 Å². The Balaban J connectivity index is 1.78. The second-order valence-electron chi connectivity index (χ2n) is 5.58. The van der Waals surface area contributed by atoms with Crippen LogP contribution >= 0.6 is 11.8 Å². The van der Waals surface area contributed by atoms with Crippen LogP contribution in [0.5, 0.6) is 0 Å². The second kappa shape index (κ2) is 6.52. The molecule has 10 heteroatoms. The molecule has 0 unspecified atom stereocenters. The van der Waals surface area contributed by atoms with Crippen LogP contribution in [0, 0.1) is 0 Å². The molecule has 128 valence electrons. The Morgan fingerprint density at radius 2 is 2.17 bits per heavy atom. The van der Waals surface area contributed by atoms with E-state index in [4.69, 9.17) is 0 Å². The van der Waals surface area contributed by atoms with Gasteiger partial charge in [-0.3, -0.25) is 9.10 Å². The summed E-state index contributed by atoms with van der Waals surface area (Å²) in [5.41, 5.74) is 2.14. The van der Waals surface area contributed by atoms with Crippen LogP contribution in [-0.4, -0.2) is 53.0 Å². The Morgan fingerprint density at radius 1 is 1.38 bits per heavy atom. The van der Waals surface area contributed by atoms with Crippen molar-refractivity contribution in [2.24, 2.45) is 7.05 Å². The van der Waals surface area contributed by atoms with Gasteiger partial charge in [-0.2, -0.15) is 0 Å². The van der Waals surface area contributed by atoms with Gasteiger partial charge in [-0.25, -0.2) is 13.1 Å². The number of Topliss-reactive ketones (excluding diaryl/α,β-unsaturated/α-hetero) is 1. The van der Waals surface area contributed by atoms with Crippen molar-refractivity contribution in [2.75, 3.05) is 22.9 Å². The number of tetrazole rings is 1. The Kier molecular flexibility index (Phi) is 4.59. The zero-order valence-corrected chi connectivity index (χ0v) is 15.0. The topological polar surface area (TPSA) is 98.1 Å². The number of anilines is 1. The van der Waals surface area contributed by atoms with Crippen molar-refractivity contribution in [3.63, 3.8) is 0 Å². The van der Waals surface area contributed by atoms with Crippen molar-refractivity contribution in [3.05, 3.63) is 29.3 Å². The van der Waals surface area contributed by atoms with Gasteiger partial charge < -0.3 is 0 Å². The normalized spacial score (nSPS) is 14.5. The number of benzene rings is 1. The fourth-order valence-electron chi connectivity index (χ4n) is 2.64. The molecule has 1 aromatic heterocycles. The molecule has 3 rings (SSSR count). The smallest absolute Gasteiger partial charge is 0.232 e. The Labute approximate surface area is 144 Å². The van der Waals surface area contributed by atoms with Crippen LogP contribution in [0.25, 0.3) is 0 Å². The molecule has 2 aromatic rings. The van der Waals surface area contributed by atoms with E-state index in [1.165, 1.54) is 27.0 Å². The first-order chi connectivity index (χ1) is 11.4. The molecule has 1 aliphatic heterocycles. The highest BCUT2D eigenvalue weighted by Crippen LogP contribution is 2.30. The number of nitrogens with zero attached hydrogens (tertiary/aromatic N) is 5. The van der Waals surface area contributed by atoms with Gasteiger partial charge >= 0.3 is 0 Å². The summed E-state index contributed by atoms with van der Waals surface area (Å²) < 4.78 is 26.6. The van der Waals surface area contributed by atoms with Crippen molar-refractivity contribution in [2.45, 2.75) is 18.0 Å². The van der Waals surface area contributed by atoms with Crippen LogP contribution < -0.4 is 4.31 Å². The molecule has 0 spiro atoms. The number of aromatic nitrogens is 4. The van der Waals surface area contributed by atoms with Crippen LogP contribution in [-0.2, 0) is 23.5 Å². The molecule has 0 amide bonds. The predicted octanol–water partition coefficient (Wildman–Crippen LogP) is 0.897. The van der Waals surface area contributed by atoms with Crippen molar-refractivity contribution >= 4 is 33.3 Å². The average Bonchev–Trinajstić information content (AvgIpc) is 2.95. The Bertz CT molecular complexity index is 878. The van der Waals surface area contributed by atoms with E-state index in [-0.39, 0.29) is 11.5 Å². The molecule has 0 bridgehead atoms. The molecular formula is C14H17N5O3S2. The third kappa shape index (κ3) is 3.44. The van der Waals surface area contributed by atoms with Gasteiger partial charge in [0.15, 0.2) is 5.78 Å². The van der Waals surface area contributed by atoms with E-state index in [0.29, 0.717) is 23.0 Å². The molecule has 0 aliphatic carbocycles. The van der Waals surface area contributed by atoms with Gasteiger partial charge in [-0.05, 0) is 47.0 Å². The van der Waals surface area contributed by atoms with E-state index >= 15 is 0 Å². The highest BCUT2D eigenvalue weighted by Gasteiger charge is 2.24. The average molecular weight is 367 g/mol. The van der Waals surface area contributed by atoms with E-state index in [1.807, 2.05) is 0 Å². The Morgan fingerprint density at radius 3 is 2.83 bits per heavy atom. The second-order valence-corrected chi connectivity index (χ2v) is 8.43. The number of aryl methyl sites for hydroxylation is 2. The summed E-state index contributed by atoms with van der Waals surface area (Å²) in [6.07, 6.45) is 2.71. The first-order valence-corrected chi connectivity index (χ1v) is 10.2. The minimum absolute atomic E-state index is 0.0396. The number of sulfonamides is 1. The highest BCUT2D eigenvalue weighted by molar-refractivity contribution is 7.99. The summed E-state index contributed by atoms with van der Waals surface area (Å²) in [5.74, 6) is 0.185. The van der Waals surface area contributed by atoms with Gasteiger partial charge in [0.05, 0.1) is 17.7 Å². The standard InChI is InChI=1S/C14H17N5O3S2/c1-18-14(15-16-17-18)23-9-13(20)11-5-6-12-10(8-11)4-3-7-19(12)24(2,21)22/h5-6,8H,3-4,7,9H2,1-2H3. The fraction of sp³-hybridized carbons (Fsp3) is 0.429. The largest absolute Gasteiger partial charge is 0.293 e. The lowest BCUT2D eigenvalue weighted by Gasteiger charge is -2.29. The molecule has 0 N–H and O–H groups in total. The lowest BCUT2D eigenvalue weighted by Crippen LogP contribution is -2.34. The summed E-state index contributed by atoms with van der Waals surface area (Å²) in [6, 6.07) is 5.20.